The summed E-state index contributed by atoms with van der Waals surface area (Å²) in [6.45, 7) is 2.94. The molecule has 0 fully saturated rings. The molecule has 21 heavy (non-hydrogen) atoms. The Morgan fingerprint density at radius 3 is 2.62 bits per heavy atom. The first kappa shape index (κ1) is 14.2. The SMILES string of the molecule is Clc1ccc(CNCCCn2ccc3ccccc32)cc1. The molecule has 1 heterocycles. The Morgan fingerprint density at radius 1 is 0.952 bits per heavy atom. The minimum atomic E-state index is 0.790. The van der Waals surface area contributed by atoms with E-state index >= 15 is 0 Å². The summed E-state index contributed by atoms with van der Waals surface area (Å²) in [5.74, 6) is 0. The van der Waals surface area contributed by atoms with Gasteiger partial charge in [-0.1, -0.05) is 41.9 Å². The van der Waals surface area contributed by atoms with Gasteiger partial charge in [-0.3, -0.25) is 0 Å². The first-order chi connectivity index (χ1) is 10.3. The topological polar surface area (TPSA) is 17.0 Å². The number of para-hydroxylation sites is 1. The molecule has 2 nitrogen and oxygen atoms in total. The molecule has 0 amide bonds. The lowest BCUT2D eigenvalue weighted by Gasteiger charge is -2.07. The summed E-state index contributed by atoms with van der Waals surface area (Å²) in [4.78, 5) is 0. The van der Waals surface area contributed by atoms with Crippen molar-refractivity contribution in [1.29, 1.82) is 0 Å². The molecule has 2 aromatic carbocycles. The van der Waals surface area contributed by atoms with Crippen molar-refractivity contribution in [3.63, 3.8) is 0 Å². The van der Waals surface area contributed by atoms with Crippen molar-refractivity contribution in [2.75, 3.05) is 6.54 Å². The zero-order chi connectivity index (χ0) is 14.5. The fourth-order valence-electron chi connectivity index (χ4n) is 2.54. The van der Waals surface area contributed by atoms with Gasteiger partial charge in [-0.2, -0.15) is 0 Å². The maximum absolute atomic E-state index is 5.88. The predicted octanol–water partition coefficient (Wildman–Crippen LogP) is 4.47. The zero-order valence-electron chi connectivity index (χ0n) is 11.9. The van der Waals surface area contributed by atoms with E-state index in [-0.39, 0.29) is 0 Å². The molecule has 0 saturated carbocycles. The molecule has 0 unspecified atom stereocenters. The smallest absolute Gasteiger partial charge is 0.0480 e. The highest BCUT2D eigenvalue weighted by Crippen LogP contribution is 2.15. The summed E-state index contributed by atoms with van der Waals surface area (Å²) in [5, 5.41) is 5.58. The van der Waals surface area contributed by atoms with Crippen LogP contribution >= 0.6 is 11.6 Å². The summed E-state index contributed by atoms with van der Waals surface area (Å²) < 4.78 is 2.32. The maximum Gasteiger partial charge on any atom is 0.0480 e. The molecule has 1 aromatic heterocycles. The van der Waals surface area contributed by atoms with Crippen LogP contribution < -0.4 is 5.32 Å². The van der Waals surface area contributed by atoms with Gasteiger partial charge in [-0.15, -0.1) is 0 Å². The van der Waals surface area contributed by atoms with Crippen LogP contribution in [0, 0.1) is 0 Å². The van der Waals surface area contributed by atoms with E-state index in [0.717, 1.165) is 31.1 Å². The number of rotatable bonds is 6. The van der Waals surface area contributed by atoms with E-state index in [0.29, 0.717) is 0 Å². The molecule has 3 aromatic rings. The van der Waals surface area contributed by atoms with E-state index in [2.05, 4.69) is 58.5 Å². The second-order valence-corrected chi connectivity index (χ2v) is 5.66. The second-order valence-electron chi connectivity index (χ2n) is 5.22. The third-order valence-corrected chi connectivity index (χ3v) is 3.93. The van der Waals surface area contributed by atoms with Crippen molar-refractivity contribution < 1.29 is 0 Å². The fraction of sp³-hybridized carbons (Fsp3) is 0.222. The van der Waals surface area contributed by atoms with E-state index in [9.17, 15) is 0 Å². The number of nitrogens with zero attached hydrogens (tertiary/aromatic N) is 1. The summed E-state index contributed by atoms with van der Waals surface area (Å²) in [6.07, 6.45) is 3.29. The molecule has 0 spiro atoms. The number of nitrogens with one attached hydrogen (secondary N) is 1. The first-order valence-electron chi connectivity index (χ1n) is 7.32. The lowest BCUT2D eigenvalue weighted by Crippen LogP contribution is -2.16. The van der Waals surface area contributed by atoms with Gasteiger partial charge < -0.3 is 9.88 Å². The lowest BCUT2D eigenvalue weighted by atomic mass is 10.2. The predicted molar refractivity (Wildman–Crippen MR) is 89.7 cm³/mol. The van der Waals surface area contributed by atoms with Gasteiger partial charge in [-0.05, 0) is 48.2 Å². The number of aromatic nitrogens is 1. The van der Waals surface area contributed by atoms with Crippen LogP contribution in [-0.2, 0) is 13.1 Å². The average molecular weight is 299 g/mol. The Bertz CT molecular complexity index is 701. The monoisotopic (exact) mass is 298 g/mol. The summed E-state index contributed by atoms with van der Waals surface area (Å²) >= 11 is 5.88. The zero-order valence-corrected chi connectivity index (χ0v) is 12.7. The van der Waals surface area contributed by atoms with Crippen LogP contribution in [0.4, 0.5) is 0 Å². The van der Waals surface area contributed by atoms with Crippen LogP contribution in [0.25, 0.3) is 10.9 Å². The first-order valence-corrected chi connectivity index (χ1v) is 7.70. The highest BCUT2D eigenvalue weighted by Gasteiger charge is 1.99. The van der Waals surface area contributed by atoms with Crippen LogP contribution in [0.1, 0.15) is 12.0 Å². The molecular formula is C18H19ClN2. The van der Waals surface area contributed by atoms with Gasteiger partial charge in [-0.25, -0.2) is 0 Å². The average Bonchev–Trinajstić information content (AvgIpc) is 2.92. The molecule has 0 aliphatic rings. The second kappa shape index (κ2) is 6.79. The summed E-state index contributed by atoms with van der Waals surface area (Å²) in [7, 11) is 0. The van der Waals surface area contributed by atoms with Gasteiger partial charge in [0.15, 0.2) is 0 Å². The molecule has 1 N–H and O–H groups in total. The highest BCUT2D eigenvalue weighted by molar-refractivity contribution is 6.30. The van der Waals surface area contributed by atoms with Crippen molar-refractivity contribution in [2.24, 2.45) is 0 Å². The van der Waals surface area contributed by atoms with Gasteiger partial charge in [0.25, 0.3) is 0 Å². The number of aryl methyl sites for hydroxylation is 1. The quantitative estimate of drug-likeness (QED) is 0.664. The fourth-order valence-corrected chi connectivity index (χ4v) is 2.67. The Balaban J connectivity index is 1.45. The van der Waals surface area contributed by atoms with Crippen LogP contribution in [0.15, 0.2) is 60.8 Å². The van der Waals surface area contributed by atoms with Crippen LogP contribution in [0.5, 0.6) is 0 Å². The Morgan fingerprint density at radius 2 is 1.76 bits per heavy atom. The largest absolute Gasteiger partial charge is 0.347 e. The Hall–Kier alpha value is -1.77. The van der Waals surface area contributed by atoms with Gasteiger partial charge in [0.2, 0.25) is 0 Å². The van der Waals surface area contributed by atoms with E-state index in [1.807, 2.05) is 12.1 Å². The minimum absolute atomic E-state index is 0.790. The van der Waals surface area contributed by atoms with Crippen LogP contribution in [-0.4, -0.2) is 11.1 Å². The summed E-state index contributed by atoms with van der Waals surface area (Å²) in [6, 6.07) is 18.7. The molecule has 0 atom stereocenters. The van der Waals surface area contributed by atoms with Crippen molar-refractivity contribution in [3.8, 4) is 0 Å². The molecule has 0 bridgehead atoms. The third-order valence-electron chi connectivity index (χ3n) is 3.68. The molecule has 3 heteroatoms. The number of fused-ring (bicyclic) bond motifs is 1. The molecule has 0 aliphatic heterocycles. The van der Waals surface area contributed by atoms with Gasteiger partial charge in [0, 0.05) is 29.8 Å². The Kier molecular flexibility index (Phi) is 4.59. The highest BCUT2D eigenvalue weighted by atomic mass is 35.5. The number of benzene rings is 2. The molecule has 0 saturated heterocycles. The van der Waals surface area contributed by atoms with Gasteiger partial charge in [0.05, 0.1) is 0 Å². The lowest BCUT2D eigenvalue weighted by molar-refractivity contribution is 0.591. The maximum atomic E-state index is 5.88. The van der Waals surface area contributed by atoms with Gasteiger partial charge in [0.1, 0.15) is 0 Å². The molecule has 108 valence electrons. The molecule has 3 rings (SSSR count). The van der Waals surface area contributed by atoms with E-state index in [1.54, 1.807) is 0 Å². The van der Waals surface area contributed by atoms with E-state index in [1.165, 1.54) is 16.5 Å². The normalized spacial score (nSPS) is 11.1. The molecule has 0 aliphatic carbocycles. The van der Waals surface area contributed by atoms with Crippen molar-refractivity contribution in [3.05, 3.63) is 71.4 Å². The number of halogens is 1. The summed E-state index contributed by atoms with van der Waals surface area (Å²) in [5.41, 5.74) is 2.58. The van der Waals surface area contributed by atoms with Crippen LogP contribution in [0.3, 0.4) is 0 Å². The van der Waals surface area contributed by atoms with Gasteiger partial charge >= 0.3 is 0 Å². The Labute approximate surface area is 130 Å². The molecular weight excluding hydrogens is 280 g/mol. The van der Waals surface area contributed by atoms with E-state index in [4.69, 9.17) is 11.6 Å². The van der Waals surface area contributed by atoms with Crippen molar-refractivity contribution in [1.82, 2.24) is 9.88 Å². The van der Waals surface area contributed by atoms with Crippen molar-refractivity contribution >= 4 is 22.5 Å². The number of hydrogen-bond donors (Lipinski definition) is 1. The van der Waals surface area contributed by atoms with E-state index < -0.39 is 0 Å². The minimum Gasteiger partial charge on any atom is -0.347 e. The standard InChI is InChI=1S/C18H19ClN2/c19-17-8-6-15(7-9-17)14-20-11-3-12-21-13-10-16-4-1-2-5-18(16)21/h1-2,4-10,13,20H,3,11-12,14H2. The third kappa shape index (κ3) is 3.66. The molecule has 0 radical (unpaired) electrons. The van der Waals surface area contributed by atoms with Crippen molar-refractivity contribution in [2.45, 2.75) is 19.5 Å². The van der Waals surface area contributed by atoms with Crippen LogP contribution in [0.2, 0.25) is 5.02 Å². The number of hydrogen-bond acceptors (Lipinski definition) is 1.